The molecule has 0 unspecified atom stereocenters. The van der Waals surface area contributed by atoms with Gasteiger partial charge in [-0.2, -0.15) is 13.5 Å². The minimum Gasteiger partial charge on any atom is -0.373 e. The number of carbonyl (C=O) groups excluding carboxylic acids is 1. The summed E-state index contributed by atoms with van der Waals surface area (Å²) in [5.74, 6) is -0.0974. The number of aromatic nitrogens is 2. The zero-order valence-electron chi connectivity index (χ0n) is 22.8. The summed E-state index contributed by atoms with van der Waals surface area (Å²) in [7, 11) is -0.856. The van der Waals surface area contributed by atoms with Crippen LogP contribution >= 0.6 is 0 Å². The number of nitrogens with one attached hydrogen (secondary N) is 1. The smallest absolute Gasteiger partial charge is 0.344 e. The van der Waals surface area contributed by atoms with Gasteiger partial charge in [0.1, 0.15) is 11.6 Å². The molecule has 2 aromatic heterocycles. The maximum absolute atomic E-state index is 15.8. The number of urea groups is 1. The Morgan fingerprint density at radius 1 is 0.976 bits per heavy atom. The van der Waals surface area contributed by atoms with Crippen molar-refractivity contribution in [2.45, 2.75) is 0 Å². The van der Waals surface area contributed by atoms with Crippen LogP contribution < -0.4 is 21.7 Å². The normalized spacial score (nSPS) is 11.4. The van der Waals surface area contributed by atoms with Crippen molar-refractivity contribution in [3.63, 3.8) is 0 Å². The van der Waals surface area contributed by atoms with Gasteiger partial charge < -0.3 is 15.6 Å². The fourth-order valence-corrected chi connectivity index (χ4v) is 5.20. The summed E-state index contributed by atoms with van der Waals surface area (Å²) in [6.45, 7) is 0. The number of rotatable bonds is 7. The molecule has 10 nitrogen and oxygen atoms in total. The number of benzene rings is 3. The highest BCUT2D eigenvalue weighted by molar-refractivity contribution is 7.86. The van der Waals surface area contributed by atoms with Crippen molar-refractivity contribution < 1.29 is 21.9 Å². The molecule has 0 atom stereocenters. The van der Waals surface area contributed by atoms with Gasteiger partial charge in [0.25, 0.3) is 15.7 Å². The molecule has 0 radical (unpaired) electrons. The maximum atomic E-state index is 15.8. The monoisotopic (exact) mass is 587 g/mol. The van der Waals surface area contributed by atoms with Crippen molar-refractivity contribution in [2.75, 3.05) is 23.7 Å². The fourth-order valence-electron chi connectivity index (χ4n) is 4.77. The Kier molecular flexibility index (Phi) is 7.50. The van der Waals surface area contributed by atoms with Crippen molar-refractivity contribution in [1.29, 1.82) is 0 Å². The van der Waals surface area contributed by atoms with Crippen LogP contribution in [-0.4, -0.2) is 37.3 Å². The van der Waals surface area contributed by atoms with E-state index in [2.05, 4.69) is 10.3 Å². The molecule has 0 bridgehead atoms. The largest absolute Gasteiger partial charge is 0.373 e. The van der Waals surface area contributed by atoms with Gasteiger partial charge in [-0.15, -0.1) is 4.28 Å². The topological polar surface area (TPSA) is 137 Å². The Balaban J connectivity index is 1.80. The summed E-state index contributed by atoms with van der Waals surface area (Å²) in [6, 6.07) is 19.9. The minimum absolute atomic E-state index is 0.0175. The second-order valence-electron chi connectivity index (χ2n) is 9.47. The van der Waals surface area contributed by atoms with Gasteiger partial charge in [-0.05, 0) is 41.0 Å². The predicted octanol–water partition coefficient (Wildman–Crippen LogP) is 4.89. The van der Waals surface area contributed by atoms with Crippen LogP contribution in [-0.2, 0) is 21.4 Å². The Morgan fingerprint density at radius 2 is 1.71 bits per heavy atom. The molecular formula is C30H26FN5O5S. The molecule has 0 aliphatic heterocycles. The summed E-state index contributed by atoms with van der Waals surface area (Å²) < 4.78 is 46.3. The Labute approximate surface area is 240 Å². The predicted molar refractivity (Wildman–Crippen MR) is 161 cm³/mol. The molecule has 5 rings (SSSR count). The van der Waals surface area contributed by atoms with E-state index >= 15 is 4.39 Å². The van der Waals surface area contributed by atoms with E-state index in [-0.39, 0.29) is 27.9 Å². The number of anilines is 2. The number of hydrogen-bond donors (Lipinski definition) is 2. The number of pyridine rings is 2. The molecule has 0 saturated heterocycles. The quantitative estimate of drug-likeness (QED) is 0.259. The van der Waals surface area contributed by atoms with Crippen molar-refractivity contribution in [3.8, 4) is 33.4 Å². The number of hydrogen-bond acceptors (Lipinski definition) is 7. The number of halogens is 1. The number of hydroxylamine groups is 1. The first-order chi connectivity index (χ1) is 20.0. The van der Waals surface area contributed by atoms with Crippen LogP contribution in [0.4, 0.5) is 20.7 Å². The lowest BCUT2D eigenvalue weighted by atomic mass is 9.90. The molecule has 0 saturated carbocycles. The molecule has 0 spiro atoms. The first kappa shape index (κ1) is 28.5. The van der Waals surface area contributed by atoms with Crippen LogP contribution in [0.25, 0.3) is 44.3 Å². The molecule has 2 heterocycles. The lowest BCUT2D eigenvalue weighted by molar-refractivity contribution is 0.223. The standard InChI is InChI=1S/C30H26FN5O5S/c1-33-27-16-26-20(17-34-27)15-22(29(37)35(26)2)19-12-13-24(31)23(14-19)28-21(18-8-5-4-6-9-18)10-7-11-25(28)36(30(32)38)41-42(3,39)40/h4-17H,1-3H3,(H2,32,38)(H,33,34). The fraction of sp³-hybridized carbons (Fsp3) is 0.100. The van der Waals surface area contributed by atoms with Crippen LogP contribution in [0.15, 0.2) is 89.9 Å². The van der Waals surface area contributed by atoms with Gasteiger partial charge >= 0.3 is 6.03 Å². The van der Waals surface area contributed by atoms with E-state index in [1.54, 1.807) is 74.9 Å². The van der Waals surface area contributed by atoms with Gasteiger partial charge in [0.15, 0.2) is 0 Å². The number of amides is 2. The highest BCUT2D eigenvalue weighted by atomic mass is 32.2. The first-order valence-corrected chi connectivity index (χ1v) is 14.5. The van der Waals surface area contributed by atoms with Gasteiger partial charge in [-0.25, -0.2) is 14.2 Å². The second kappa shape index (κ2) is 11.1. The number of aryl methyl sites for hydroxylation is 1. The van der Waals surface area contributed by atoms with Crippen LogP contribution in [0.5, 0.6) is 0 Å². The Hall–Kier alpha value is -5.07. The van der Waals surface area contributed by atoms with Crippen LogP contribution in [0, 0.1) is 5.82 Å². The molecule has 0 aliphatic carbocycles. The summed E-state index contributed by atoms with van der Waals surface area (Å²) in [5.41, 5.74) is 7.63. The average molecular weight is 588 g/mol. The summed E-state index contributed by atoms with van der Waals surface area (Å²) >= 11 is 0. The third kappa shape index (κ3) is 5.45. The van der Waals surface area contributed by atoms with E-state index in [4.69, 9.17) is 10.0 Å². The Morgan fingerprint density at radius 3 is 2.38 bits per heavy atom. The number of carbonyl (C=O) groups is 1. The molecule has 214 valence electrons. The maximum Gasteiger partial charge on any atom is 0.344 e. The first-order valence-electron chi connectivity index (χ1n) is 12.6. The molecule has 3 aromatic carbocycles. The molecule has 0 fully saturated rings. The van der Waals surface area contributed by atoms with Crippen molar-refractivity contribution >= 4 is 38.6 Å². The highest BCUT2D eigenvalue weighted by Gasteiger charge is 2.27. The lowest BCUT2D eigenvalue weighted by Gasteiger charge is -2.23. The third-order valence-corrected chi connectivity index (χ3v) is 7.09. The second-order valence-corrected chi connectivity index (χ2v) is 11.0. The lowest BCUT2D eigenvalue weighted by Crippen LogP contribution is -2.38. The molecule has 12 heteroatoms. The van der Waals surface area contributed by atoms with Crippen molar-refractivity contribution in [3.05, 3.63) is 101 Å². The van der Waals surface area contributed by atoms with Gasteiger partial charge in [-0.1, -0.05) is 48.5 Å². The van der Waals surface area contributed by atoms with Crippen LogP contribution in [0.2, 0.25) is 0 Å². The van der Waals surface area contributed by atoms with Crippen molar-refractivity contribution in [2.24, 2.45) is 12.8 Å². The van der Waals surface area contributed by atoms with Gasteiger partial charge in [0.2, 0.25) is 0 Å². The third-order valence-electron chi connectivity index (χ3n) is 6.67. The summed E-state index contributed by atoms with van der Waals surface area (Å²) in [6.07, 6.45) is 2.39. The van der Waals surface area contributed by atoms with E-state index in [1.165, 1.54) is 28.8 Å². The summed E-state index contributed by atoms with van der Waals surface area (Å²) in [5, 5.41) is 4.04. The number of fused-ring (bicyclic) bond motifs is 1. The van der Waals surface area contributed by atoms with Gasteiger partial charge in [0, 0.05) is 48.4 Å². The van der Waals surface area contributed by atoms with Gasteiger partial charge in [-0.3, -0.25) is 4.79 Å². The van der Waals surface area contributed by atoms with E-state index in [0.717, 1.165) is 6.26 Å². The molecular weight excluding hydrogens is 561 g/mol. The van der Waals surface area contributed by atoms with Crippen LogP contribution in [0.3, 0.4) is 0 Å². The molecule has 42 heavy (non-hydrogen) atoms. The highest BCUT2D eigenvalue weighted by Crippen LogP contribution is 2.42. The molecule has 5 aromatic rings. The molecule has 3 N–H and O–H groups in total. The molecule has 2 amide bonds. The van der Waals surface area contributed by atoms with E-state index in [0.29, 0.717) is 38.5 Å². The number of nitrogens with two attached hydrogens (primary N) is 1. The molecule has 0 aliphatic rings. The Bertz CT molecular complexity index is 2010. The van der Waals surface area contributed by atoms with Gasteiger partial charge in [0.05, 0.1) is 17.5 Å². The zero-order chi connectivity index (χ0) is 30.2. The number of nitrogens with zero attached hydrogens (tertiary/aromatic N) is 3. The SMILES string of the molecule is CNc1cc2c(cn1)cc(-c1ccc(F)c(-c3c(-c4ccccc4)cccc3N(OS(C)(=O)=O)C(N)=O)c1)c(=O)n2C. The minimum atomic E-state index is -4.21. The van der Waals surface area contributed by atoms with E-state index in [1.807, 2.05) is 0 Å². The average Bonchev–Trinajstić information content (AvgIpc) is 2.97. The zero-order valence-corrected chi connectivity index (χ0v) is 23.6. The van der Waals surface area contributed by atoms with E-state index in [9.17, 15) is 18.0 Å². The van der Waals surface area contributed by atoms with E-state index < -0.39 is 22.0 Å². The number of primary amides is 1. The van der Waals surface area contributed by atoms with Crippen LogP contribution in [0.1, 0.15) is 0 Å². The van der Waals surface area contributed by atoms with Crippen molar-refractivity contribution in [1.82, 2.24) is 9.55 Å². The summed E-state index contributed by atoms with van der Waals surface area (Å²) in [4.78, 5) is 30.3.